The van der Waals surface area contributed by atoms with Gasteiger partial charge in [-0.05, 0) is 37.2 Å². The van der Waals surface area contributed by atoms with Crippen LogP contribution in [0.1, 0.15) is 6.42 Å². The summed E-state index contributed by atoms with van der Waals surface area (Å²) >= 11 is 5.80. The lowest BCUT2D eigenvalue weighted by Crippen LogP contribution is -2.22. The van der Waals surface area contributed by atoms with Crippen LogP contribution in [0.5, 0.6) is 5.75 Å². The molecule has 1 N–H and O–H groups in total. The summed E-state index contributed by atoms with van der Waals surface area (Å²) < 4.78 is 7.65. The molecule has 19 heavy (non-hydrogen) atoms. The summed E-state index contributed by atoms with van der Waals surface area (Å²) in [5, 5.41) is 4.07. The van der Waals surface area contributed by atoms with Crippen molar-refractivity contribution in [1.82, 2.24) is 14.9 Å². The van der Waals surface area contributed by atoms with E-state index in [4.69, 9.17) is 16.3 Å². The maximum absolute atomic E-state index is 5.80. The fraction of sp³-hybridized carbons (Fsp3) is 0.357. The first-order valence-corrected chi connectivity index (χ1v) is 6.77. The largest absolute Gasteiger partial charge is 0.492 e. The van der Waals surface area contributed by atoms with Gasteiger partial charge in [-0.25, -0.2) is 4.98 Å². The summed E-state index contributed by atoms with van der Waals surface area (Å²) in [6.45, 7) is 3.46. The Kier molecular flexibility index (Phi) is 5.72. The van der Waals surface area contributed by atoms with Gasteiger partial charge in [0.15, 0.2) is 0 Å². The average Bonchev–Trinajstić information content (AvgIpc) is 2.93. The first-order chi connectivity index (χ1) is 9.34. The number of hydrogen-bond donors (Lipinski definition) is 1. The van der Waals surface area contributed by atoms with E-state index in [9.17, 15) is 0 Å². The molecule has 0 amide bonds. The number of hydrogen-bond acceptors (Lipinski definition) is 3. The molecule has 0 aliphatic heterocycles. The van der Waals surface area contributed by atoms with Crippen LogP contribution in [0.4, 0.5) is 0 Å². The van der Waals surface area contributed by atoms with Crippen LogP contribution in [-0.4, -0.2) is 29.2 Å². The smallest absolute Gasteiger partial charge is 0.119 e. The van der Waals surface area contributed by atoms with Gasteiger partial charge in [-0.2, -0.15) is 0 Å². The zero-order chi connectivity index (χ0) is 13.3. The highest BCUT2D eigenvalue weighted by Gasteiger charge is 1.94. The molecular formula is C14H18ClN3O. The molecule has 1 aromatic heterocycles. The standard InChI is InChI=1S/C14H18ClN3O/c15-13-2-4-14(5-3-13)19-11-8-16-6-1-9-18-10-7-17-12-18/h2-5,7,10,12,16H,1,6,8-9,11H2. The number of nitrogens with one attached hydrogen (secondary N) is 1. The molecule has 5 heteroatoms. The zero-order valence-corrected chi connectivity index (χ0v) is 11.5. The summed E-state index contributed by atoms with van der Waals surface area (Å²) in [5.41, 5.74) is 0. The topological polar surface area (TPSA) is 39.1 Å². The predicted molar refractivity (Wildman–Crippen MR) is 76.7 cm³/mol. The first-order valence-electron chi connectivity index (χ1n) is 6.39. The van der Waals surface area contributed by atoms with E-state index in [0.29, 0.717) is 6.61 Å². The van der Waals surface area contributed by atoms with E-state index in [1.807, 2.05) is 36.8 Å². The molecule has 0 atom stereocenters. The maximum atomic E-state index is 5.80. The summed E-state index contributed by atoms with van der Waals surface area (Å²) in [7, 11) is 0. The molecule has 2 aromatic rings. The maximum Gasteiger partial charge on any atom is 0.119 e. The van der Waals surface area contributed by atoms with E-state index >= 15 is 0 Å². The van der Waals surface area contributed by atoms with Crippen molar-refractivity contribution >= 4 is 11.6 Å². The molecule has 0 saturated carbocycles. The Morgan fingerprint density at radius 1 is 1.21 bits per heavy atom. The third kappa shape index (κ3) is 5.32. The fourth-order valence-corrected chi connectivity index (χ4v) is 1.83. The monoisotopic (exact) mass is 279 g/mol. The molecule has 0 radical (unpaired) electrons. The van der Waals surface area contributed by atoms with Crippen LogP contribution in [0.15, 0.2) is 43.0 Å². The molecule has 102 valence electrons. The van der Waals surface area contributed by atoms with Gasteiger partial charge in [-0.1, -0.05) is 11.6 Å². The number of benzene rings is 1. The van der Waals surface area contributed by atoms with E-state index in [0.717, 1.165) is 36.8 Å². The van der Waals surface area contributed by atoms with Crippen LogP contribution >= 0.6 is 11.6 Å². The zero-order valence-electron chi connectivity index (χ0n) is 10.8. The Morgan fingerprint density at radius 3 is 2.79 bits per heavy atom. The van der Waals surface area contributed by atoms with E-state index in [1.54, 1.807) is 6.20 Å². The van der Waals surface area contributed by atoms with Gasteiger partial charge in [0.05, 0.1) is 6.33 Å². The van der Waals surface area contributed by atoms with Crippen LogP contribution in [0, 0.1) is 0 Å². The fourth-order valence-electron chi connectivity index (χ4n) is 1.70. The number of ether oxygens (including phenoxy) is 1. The summed E-state index contributed by atoms with van der Waals surface area (Å²) in [6.07, 6.45) is 6.69. The van der Waals surface area contributed by atoms with Crippen molar-refractivity contribution in [2.45, 2.75) is 13.0 Å². The summed E-state index contributed by atoms with van der Waals surface area (Å²) in [6, 6.07) is 7.41. The minimum absolute atomic E-state index is 0.659. The second-order valence-electron chi connectivity index (χ2n) is 4.21. The predicted octanol–water partition coefficient (Wildman–Crippen LogP) is 2.60. The van der Waals surface area contributed by atoms with E-state index in [-0.39, 0.29) is 0 Å². The van der Waals surface area contributed by atoms with Crippen molar-refractivity contribution in [3.05, 3.63) is 48.0 Å². The minimum Gasteiger partial charge on any atom is -0.492 e. The molecule has 0 bridgehead atoms. The SMILES string of the molecule is Clc1ccc(OCCNCCCn2ccnc2)cc1. The number of aryl methyl sites for hydroxylation is 1. The molecule has 0 saturated heterocycles. The van der Waals surface area contributed by atoms with Gasteiger partial charge in [-0.15, -0.1) is 0 Å². The Labute approximate surface area is 118 Å². The Balaban J connectivity index is 1.49. The van der Waals surface area contributed by atoms with Crippen molar-refractivity contribution in [2.75, 3.05) is 19.7 Å². The number of rotatable bonds is 8. The van der Waals surface area contributed by atoms with Gasteiger partial charge in [0.25, 0.3) is 0 Å². The highest BCUT2D eigenvalue weighted by Crippen LogP contribution is 2.14. The van der Waals surface area contributed by atoms with Crippen molar-refractivity contribution in [3.8, 4) is 5.75 Å². The van der Waals surface area contributed by atoms with Gasteiger partial charge in [0.2, 0.25) is 0 Å². The highest BCUT2D eigenvalue weighted by molar-refractivity contribution is 6.30. The van der Waals surface area contributed by atoms with E-state index < -0.39 is 0 Å². The van der Waals surface area contributed by atoms with Crippen molar-refractivity contribution in [1.29, 1.82) is 0 Å². The number of aromatic nitrogens is 2. The third-order valence-electron chi connectivity index (χ3n) is 2.69. The summed E-state index contributed by atoms with van der Waals surface area (Å²) in [5.74, 6) is 0.851. The van der Waals surface area contributed by atoms with Crippen molar-refractivity contribution in [2.24, 2.45) is 0 Å². The Bertz CT molecular complexity index is 456. The van der Waals surface area contributed by atoms with Gasteiger partial charge in [0.1, 0.15) is 12.4 Å². The highest BCUT2D eigenvalue weighted by atomic mass is 35.5. The molecule has 0 aliphatic rings. The van der Waals surface area contributed by atoms with Gasteiger partial charge < -0.3 is 14.6 Å². The first kappa shape index (κ1) is 13.9. The van der Waals surface area contributed by atoms with Crippen LogP contribution in [0.3, 0.4) is 0 Å². The molecular weight excluding hydrogens is 262 g/mol. The van der Waals surface area contributed by atoms with Gasteiger partial charge in [-0.3, -0.25) is 0 Å². The third-order valence-corrected chi connectivity index (χ3v) is 2.94. The molecule has 0 unspecified atom stereocenters. The molecule has 1 aromatic carbocycles. The second-order valence-corrected chi connectivity index (χ2v) is 4.64. The molecule has 4 nitrogen and oxygen atoms in total. The van der Waals surface area contributed by atoms with Crippen LogP contribution in [0.2, 0.25) is 5.02 Å². The molecule has 1 heterocycles. The van der Waals surface area contributed by atoms with Gasteiger partial charge >= 0.3 is 0 Å². The van der Waals surface area contributed by atoms with Crippen LogP contribution in [-0.2, 0) is 6.54 Å². The second kappa shape index (κ2) is 7.81. The van der Waals surface area contributed by atoms with Gasteiger partial charge in [0, 0.05) is 30.5 Å². The van der Waals surface area contributed by atoms with Crippen LogP contribution < -0.4 is 10.1 Å². The Morgan fingerprint density at radius 2 is 2.05 bits per heavy atom. The van der Waals surface area contributed by atoms with Crippen molar-refractivity contribution < 1.29 is 4.74 Å². The lowest BCUT2D eigenvalue weighted by Gasteiger charge is -2.07. The quantitative estimate of drug-likeness (QED) is 0.755. The van der Waals surface area contributed by atoms with E-state index in [1.165, 1.54) is 0 Å². The lowest BCUT2D eigenvalue weighted by molar-refractivity contribution is 0.313. The molecule has 0 spiro atoms. The van der Waals surface area contributed by atoms with Crippen LogP contribution in [0.25, 0.3) is 0 Å². The average molecular weight is 280 g/mol. The Hall–Kier alpha value is -1.52. The number of imidazole rings is 1. The molecule has 2 rings (SSSR count). The number of nitrogens with zero attached hydrogens (tertiary/aromatic N) is 2. The molecule has 0 fully saturated rings. The van der Waals surface area contributed by atoms with E-state index in [2.05, 4.69) is 14.9 Å². The van der Waals surface area contributed by atoms with Crippen molar-refractivity contribution in [3.63, 3.8) is 0 Å². The lowest BCUT2D eigenvalue weighted by atomic mass is 10.3. The molecule has 0 aliphatic carbocycles. The minimum atomic E-state index is 0.659. The normalized spacial score (nSPS) is 10.6. The summed E-state index contributed by atoms with van der Waals surface area (Å²) in [4.78, 5) is 4.00. The number of halogens is 1.